The third kappa shape index (κ3) is 43.0. The van der Waals surface area contributed by atoms with Gasteiger partial charge in [-0.1, -0.05) is 80.1 Å². The van der Waals surface area contributed by atoms with Gasteiger partial charge in [-0.3, -0.25) is 0 Å². The minimum atomic E-state index is 0. The van der Waals surface area contributed by atoms with E-state index in [1.54, 1.807) is 6.20 Å². The molecule has 0 bridgehead atoms. The molecule has 20 heavy (non-hydrogen) atoms. The van der Waals surface area contributed by atoms with Gasteiger partial charge < -0.3 is 5.32 Å². The SMILES string of the molecule is CC1=CC=C=CN1.CCCC.CCCC.CCCC.[Sn]. The summed E-state index contributed by atoms with van der Waals surface area (Å²) in [6.07, 6.45) is 13.6. The smallest absolute Gasteiger partial charge is 0.0439 e. The van der Waals surface area contributed by atoms with Gasteiger partial charge in [-0.25, -0.2) is 0 Å². The van der Waals surface area contributed by atoms with Crippen molar-refractivity contribution >= 4 is 23.9 Å². The number of nitrogens with one attached hydrogen (secondary N) is 1. The van der Waals surface area contributed by atoms with Gasteiger partial charge in [0, 0.05) is 35.8 Å². The number of hydrogen-bond donors (Lipinski definition) is 1. The zero-order valence-corrected chi connectivity index (χ0v) is 17.8. The predicted octanol–water partition coefficient (Wildman–Crippen LogP) is 6.20. The minimum absolute atomic E-state index is 0. The van der Waals surface area contributed by atoms with Crippen LogP contribution in [0, 0.1) is 0 Å². The Morgan fingerprint density at radius 1 is 0.800 bits per heavy atom. The molecule has 0 atom stereocenters. The first kappa shape index (κ1) is 28.1. The largest absolute Gasteiger partial charge is 0.359 e. The number of unbranched alkanes of at least 4 members (excludes halogenated alkanes) is 3. The van der Waals surface area contributed by atoms with E-state index in [1.165, 1.54) is 44.2 Å². The van der Waals surface area contributed by atoms with Crippen LogP contribution in [0.1, 0.15) is 87.0 Å². The van der Waals surface area contributed by atoms with E-state index in [1.807, 2.05) is 19.1 Å². The van der Waals surface area contributed by atoms with E-state index in [0.717, 1.165) is 0 Å². The van der Waals surface area contributed by atoms with E-state index in [9.17, 15) is 0 Å². The Morgan fingerprint density at radius 3 is 1.25 bits per heavy atom. The summed E-state index contributed by atoms with van der Waals surface area (Å²) in [7, 11) is 0. The van der Waals surface area contributed by atoms with Gasteiger partial charge in [0.15, 0.2) is 0 Å². The molecule has 0 amide bonds. The molecule has 0 unspecified atom stereocenters. The molecule has 0 aromatic carbocycles. The Morgan fingerprint density at radius 2 is 1.15 bits per heavy atom. The zero-order chi connectivity index (χ0) is 15.4. The molecule has 0 aromatic rings. The quantitative estimate of drug-likeness (QED) is 0.450. The van der Waals surface area contributed by atoms with E-state index in [2.05, 4.69) is 52.6 Å². The average Bonchev–Trinajstić information content (AvgIpc) is 2.48. The van der Waals surface area contributed by atoms with E-state index in [4.69, 9.17) is 0 Å². The van der Waals surface area contributed by atoms with Crippen LogP contribution in [-0.4, -0.2) is 23.9 Å². The second-order valence-electron chi connectivity index (χ2n) is 4.47. The fourth-order valence-corrected chi connectivity index (χ4v) is 0.425. The van der Waals surface area contributed by atoms with Crippen LogP contribution in [0.2, 0.25) is 0 Å². The summed E-state index contributed by atoms with van der Waals surface area (Å²) in [6, 6.07) is 0. The summed E-state index contributed by atoms with van der Waals surface area (Å²) in [5.41, 5.74) is 4.04. The van der Waals surface area contributed by atoms with Crippen molar-refractivity contribution in [3.8, 4) is 0 Å². The van der Waals surface area contributed by atoms with Crippen LogP contribution < -0.4 is 5.32 Å². The molecule has 1 rings (SSSR count). The molecule has 1 nitrogen and oxygen atoms in total. The fourth-order valence-electron chi connectivity index (χ4n) is 0.425. The monoisotopic (exact) mass is 387 g/mol. The summed E-state index contributed by atoms with van der Waals surface area (Å²) in [5, 5.41) is 2.98. The van der Waals surface area contributed by atoms with Crippen LogP contribution in [0.15, 0.2) is 29.8 Å². The van der Waals surface area contributed by atoms with Crippen LogP contribution in [0.3, 0.4) is 0 Å². The third-order valence-electron chi connectivity index (χ3n) is 2.31. The van der Waals surface area contributed by atoms with Crippen molar-refractivity contribution in [3.63, 3.8) is 0 Å². The molecule has 4 radical (unpaired) electrons. The fraction of sp³-hybridized carbons (Fsp3) is 0.722. The first-order valence-electron chi connectivity index (χ1n) is 7.98. The van der Waals surface area contributed by atoms with Crippen molar-refractivity contribution in [2.45, 2.75) is 87.0 Å². The number of hydrogen-bond acceptors (Lipinski definition) is 1. The molecule has 1 heterocycles. The molecular formula is C18H37NSn. The predicted molar refractivity (Wildman–Crippen MR) is 97.0 cm³/mol. The summed E-state index contributed by atoms with van der Waals surface area (Å²) >= 11 is 0. The Labute approximate surface area is 146 Å². The molecule has 0 aromatic heterocycles. The molecular weight excluding hydrogens is 349 g/mol. The molecule has 2 heteroatoms. The number of rotatable bonds is 3. The van der Waals surface area contributed by atoms with E-state index in [0.29, 0.717) is 0 Å². The van der Waals surface area contributed by atoms with Gasteiger partial charge in [0.25, 0.3) is 0 Å². The van der Waals surface area contributed by atoms with Crippen LogP contribution in [0.5, 0.6) is 0 Å². The van der Waals surface area contributed by atoms with Crippen LogP contribution in [-0.2, 0) is 0 Å². The first-order chi connectivity index (χ1) is 9.14. The van der Waals surface area contributed by atoms with Crippen molar-refractivity contribution in [2.24, 2.45) is 0 Å². The van der Waals surface area contributed by atoms with Crippen molar-refractivity contribution in [2.75, 3.05) is 0 Å². The van der Waals surface area contributed by atoms with Gasteiger partial charge in [-0.15, -0.1) is 5.73 Å². The van der Waals surface area contributed by atoms with E-state index < -0.39 is 0 Å². The molecule has 1 aliphatic heterocycles. The second-order valence-corrected chi connectivity index (χ2v) is 4.47. The molecule has 0 saturated heterocycles. The molecule has 0 aliphatic carbocycles. The first-order valence-corrected chi connectivity index (χ1v) is 7.98. The van der Waals surface area contributed by atoms with Crippen molar-refractivity contribution in [3.05, 3.63) is 29.8 Å². The molecule has 1 N–H and O–H groups in total. The molecule has 0 spiro atoms. The van der Waals surface area contributed by atoms with E-state index >= 15 is 0 Å². The second kappa shape index (κ2) is 31.3. The Hall–Kier alpha value is -0.141. The summed E-state index contributed by atoms with van der Waals surface area (Å²) < 4.78 is 0. The summed E-state index contributed by atoms with van der Waals surface area (Å²) in [5.74, 6) is 0. The summed E-state index contributed by atoms with van der Waals surface area (Å²) in [4.78, 5) is 0. The summed E-state index contributed by atoms with van der Waals surface area (Å²) in [6.45, 7) is 15.1. The molecule has 0 saturated carbocycles. The van der Waals surface area contributed by atoms with Gasteiger partial charge in [-0.2, -0.15) is 0 Å². The maximum absolute atomic E-state index is 2.98. The number of allylic oxidation sites excluding steroid dienone is 3. The van der Waals surface area contributed by atoms with Crippen LogP contribution in [0.4, 0.5) is 0 Å². The maximum atomic E-state index is 2.98. The average molecular weight is 386 g/mol. The molecule has 118 valence electrons. The Kier molecular flexibility index (Phi) is 44.0. The Balaban J connectivity index is -0.0000000881. The maximum Gasteiger partial charge on any atom is 0.0439 e. The zero-order valence-electron chi connectivity index (χ0n) is 15.0. The van der Waals surface area contributed by atoms with Crippen molar-refractivity contribution in [1.82, 2.24) is 5.32 Å². The topological polar surface area (TPSA) is 12.0 Å². The van der Waals surface area contributed by atoms with Crippen molar-refractivity contribution < 1.29 is 0 Å². The van der Waals surface area contributed by atoms with Gasteiger partial charge in [0.1, 0.15) is 0 Å². The van der Waals surface area contributed by atoms with Crippen LogP contribution >= 0.6 is 0 Å². The standard InChI is InChI=1S/C6H7N.3C4H10.Sn/c1-6-4-2-3-5-7-6;3*1-3-4-2;/h2,4-5,7H,1H3;3*3-4H2,1-2H3;. The normalized spacial score (nSPS) is 10.1. The van der Waals surface area contributed by atoms with Gasteiger partial charge in [-0.05, 0) is 19.1 Å². The van der Waals surface area contributed by atoms with Crippen molar-refractivity contribution in [1.29, 1.82) is 0 Å². The van der Waals surface area contributed by atoms with E-state index in [-0.39, 0.29) is 23.9 Å². The molecule has 0 fully saturated rings. The van der Waals surface area contributed by atoms with Gasteiger partial charge >= 0.3 is 0 Å². The third-order valence-corrected chi connectivity index (χ3v) is 2.31. The molecule has 1 aliphatic rings. The Bertz CT molecular complexity index is 210. The van der Waals surface area contributed by atoms with Gasteiger partial charge in [0.2, 0.25) is 0 Å². The van der Waals surface area contributed by atoms with Crippen LogP contribution in [0.25, 0.3) is 0 Å². The van der Waals surface area contributed by atoms with Gasteiger partial charge in [0.05, 0.1) is 0 Å². The minimum Gasteiger partial charge on any atom is -0.359 e.